The Bertz CT molecular complexity index is 839. The van der Waals surface area contributed by atoms with Crippen LogP contribution < -0.4 is 15.1 Å². The van der Waals surface area contributed by atoms with E-state index < -0.39 is 0 Å². The second kappa shape index (κ2) is 7.81. The van der Waals surface area contributed by atoms with E-state index in [9.17, 15) is 0 Å². The number of hydrogen-bond acceptors (Lipinski definition) is 6. The Hall–Kier alpha value is -2.86. The fourth-order valence-electron chi connectivity index (χ4n) is 2.24. The molecule has 3 aromatic rings. The SMILES string of the molecule is COc1ccc(-c2csc(N/N=C\c3ccc(N(C)C)cc3)n2)cc1. The smallest absolute Gasteiger partial charge is 0.203 e. The molecule has 0 aliphatic heterocycles. The minimum absolute atomic E-state index is 0.756. The van der Waals surface area contributed by atoms with Crippen LogP contribution >= 0.6 is 11.3 Å². The number of aromatic nitrogens is 1. The van der Waals surface area contributed by atoms with Gasteiger partial charge in [-0.2, -0.15) is 5.10 Å². The van der Waals surface area contributed by atoms with Crippen LogP contribution in [-0.2, 0) is 0 Å². The summed E-state index contributed by atoms with van der Waals surface area (Å²) < 4.78 is 5.17. The van der Waals surface area contributed by atoms with Gasteiger partial charge in [0.05, 0.1) is 19.0 Å². The van der Waals surface area contributed by atoms with E-state index in [1.165, 1.54) is 11.3 Å². The van der Waals surface area contributed by atoms with Crippen LogP contribution in [0.4, 0.5) is 10.8 Å². The summed E-state index contributed by atoms with van der Waals surface area (Å²) in [7, 11) is 5.70. The number of rotatable bonds is 6. The van der Waals surface area contributed by atoms with Gasteiger partial charge in [-0.05, 0) is 42.0 Å². The van der Waals surface area contributed by atoms with Crippen molar-refractivity contribution < 1.29 is 4.74 Å². The number of thiazole rings is 1. The van der Waals surface area contributed by atoms with Crippen molar-refractivity contribution in [2.24, 2.45) is 5.10 Å². The topological polar surface area (TPSA) is 49.8 Å². The average molecular weight is 352 g/mol. The molecule has 0 unspecified atom stereocenters. The van der Waals surface area contributed by atoms with Crippen molar-refractivity contribution in [3.05, 3.63) is 59.5 Å². The van der Waals surface area contributed by atoms with Crippen LogP contribution in [0.25, 0.3) is 11.3 Å². The third-order valence-electron chi connectivity index (χ3n) is 3.67. The predicted molar refractivity (Wildman–Crippen MR) is 106 cm³/mol. The fourth-order valence-corrected chi connectivity index (χ4v) is 2.91. The monoisotopic (exact) mass is 352 g/mol. The highest BCUT2D eigenvalue weighted by atomic mass is 32.1. The van der Waals surface area contributed by atoms with Crippen LogP contribution in [0.3, 0.4) is 0 Å². The van der Waals surface area contributed by atoms with Crippen molar-refractivity contribution in [3.8, 4) is 17.0 Å². The molecule has 0 aliphatic rings. The van der Waals surface area contributed by atoms with Crippen LogP contribution in [0.5, 0.6) is 5.75 Å². The van der Waals surface area contributed by atoms with Gasteiger partial charge >= 0.3 is 0 Å². The maximum atomic E-state index is 5.17. The molecule has 6 heteroatoms. The third kappa shape index (κ3) is 4.36. The minimum atomic E-state index is 0.756. The Morgan fingerprint density at radius 3 is 2.44 bits per heavy atom. The van der Waals surface area contributed by atoms with Crippen molar-refractivity contribution in [3.63, 3.8) is 0 Å². The van der Waals surface area contributed by atoms with Crippen molar-refractivity contribution in [2.75, 3.05) is 31.5 Å². The van der Waals surface area contributed by atoms with E-state index in [4.69, 9.17) is 4.74 Å². The Morgan fingerprint density at radius 2 is 1.80 bits per heavy atom. The Labute approximate surface area is 151 Å². The van der Waals surface area contributed by atoms with Gasteiger partial charge in [0.25, 0.3) is 0 Å². The van der Waals surface area contributed by atoms with Crippen molar-refractivity contribution in [2.45, 2.75) is 0 Å². The first-order chi connectivity index (χ1) is 12.2. The van der Waals surface area contributed by atoms with E-state index >= 15 is 0 Å². The van der Waals surface area contributed by atoms with Gasteiger partial charge < -0.3 is 9.64 Å². The summed E-state index contributed by atoms with van der Waals surface area (Å²) >= 11 is 1.52. The zero-order valence-corrected chi connectivity index (χ0v) is 15.2. The lowest BCUT2D eigenvalue weighted by Crippen LogP contribution is -2.08. The van der Waals surface area contributed by atoms with Crippen LogP contribution in [0.15, 0.2) is 59.0 Å². The first-order valence-corrected chi connectivity index (χ1v) is 8.70. The second-order valence-electron chi connectivity index (χ2n) is 5.62. The first-order valence-electron chi connectivity index (χ1n) is 7.82. The van der Waals surface area contributed by atoms with Crippen LogP contribution in [0.2, 0.25) is 0 Å². The molecule has 0 bridgehead atoms. The van der Waals surface area contributed by atoms with Gasteiger partial charge in [-0.25, -0.2) is 4.98 Å². The molecule has 0 saturated carbocycles. The van der Waals surface area contributed by atoms with Crippen LogP contribution in [0.1, 0.15) is 5.56 Å². The van der Waals surface area contributed by atoms with E-state index in [2.05, 4.69) is 32.5 Å². The molecule has 0 radical (unpaired) electrons. The molecule has 1 heterocycles. The summed E-state index contributed by atoms with van der Waals surface area (Å²) in [6.45, 7) is 0. The number of hydrazone groups is 1. The van der Waals surface area contributed by atoms with Gasteiger partial charge in [-0.1, -0.05) is 12.1 Å². The van der Waals surface area contributed by atoms with Crippen LogP contribution in [-0.4, -0.2) is 32.4 Å². The zero-order chi connectivity index (χ0) is 17.6. The average Bonchev–Trinajstić information content (AvgIpc) is 3.11. The van der Waals surface area contributed by atoms with Gasteiger partial charge in [0, 0.05) is 30.7 Å². The molecule has 2 aromatic carbocycles. The second-order valence-corrected chi connectivity index (χ2v) is 6.48. The molecule has 0 saturated heterocycles. The van der Waals surface area contributed by atoms with E-state index in [1.54, 1.807) is 13.3 Å². The molecule has 0 fully saturated rings. The third-order valence-corrected chi connectivity index (χ3v) is 4.42. The molecule has 5 nitrogen and oxygen atoms in total. The number of methoxy groups -OCH3 is 1. The highest BCUT2D eigenvalue weighted by molar-refractivity contribution is 7.14. The molecule has 0 amide bonds. The maximum Gasteiger partial charge on any atom is 0.203 e. The Kier molecular flexibility index (Phi) is 5.30. The minimum Gasteiger partial charge on any atom is -0.497 e. The molecule has 1 aromatic heterocycles. The Balaban J connectivity index is 1.62. The standard InChI is InChI=1S/C19H20N4OS/c1-23(2)16-8-4-14(5-9-16)12-20-22-19-21-18(13-25-19)15-6-10-17(24-3)11-7-15/h4-13H,1-3H3,(H,21,22)/b20-12-. The molecular weight excluding hydrogens is 332 g/mol. The molecule has 0 atom stereocenters. The van der Waals surface area contributed by atoms with Gasteiger partial charge in [0.1, 0.15) is 5.75 Å². The summed E-state index contributed by atoms with van der Waals surface area (Å²) in [5, 5.41) is 7.02. The maximum absolute atomic E-state index is 5.17. The van der Waals surface area contributed by atoms with Gasteiger partial charge in [0.15, 0.2) is 0 Å². The lowest BCUT2D eigenvalue weighted by Gasteiger charge is -2.11. The molecule has 3 rings (SSSR count). The predicted octanol–water partition coefficient (Wildman–Crippen LogP) is 4.33. The normalized spacial score (nSPS) is 10.8. The summed E-state index contributed by atoms with van der Waals surface area (Å²) in [6.07, 6.45) is 1.79. The highest BCUT2D eigenvalue weighted by Crippen LogP contribution is 2.26. The fraction of sp³-hybridized carbons (Fsp3) is 0.158. The van der Waals surface area contributed by atoms with Gasteiger partial charge in [0.2, 0.25) is 5.13 Å². The van der Waals surface area contributed by atoms with Crippen molar-refractivity contribution >= 4 is 28.4 Å². The summed E-state index contributed by atoms with van der Waals surface area (Å²) in [5.74, 6) is 0.835. The quantitative estimate of drug-likeness (QED) is 0.530. The number of benzene rings is 2. The van der Waals surface area contributed by atoms with Gasteiger partial charge in [-0.3, -0.25) is 5.43 Å². The first kappa shape index (κ1) is 17.0. The summed E-state index contributed by atoms with van der Waals surface area (Å²) in [5.41, 5.74) is 7.15. The highest BCUT2D eigenvalue weighted by Gasteiger charge is 2.04. The molecular formula is C19H20N4OS. The van der Waals surface area contributed by atoms with Crippen LogP contribution in [0, 0.1) is 0 Å². The number of nitrogens with zero attached hydrogens (tertiary/aromatic N) is 3. The lowest BCUT2D eigenvalue weighted by atomic mass is 10.2. The van der Waals surface area contributed by atoms with Gasteiger partial charge in [-0.15, -0.1) is 11.3 Å². The number of ether oxygens (including phenoxy) is 1. The van der Waals surface area contributed by atoms with Crippen molar-refractivity contribution in [1.82, 2.24) is 4.98 Å². The number of anilines is 2. The number of nitrogens with one attached hydrogen (secondary N) is 1. The van der Waals surface area contributed by atoms with E-state index in [-0.39, 0.29) is 0 Å². The van der Waals surface area contributed by atoms with Crippen molar-refractivity contribution in [1.29, 1.82) is 0 Å². The Morgan fingerprint density at radius 1 is 1.08 bits per heavy atom. The number of hydrogen-bond donors (Lipinski definition) is 1. The van der Waals surface area contributed by atoms with E-state index in [0.717, 1.165) is 33.4 Å². The summed E-state index contributed by atoms with van der Waals surface area (Å²) in [6, 6.07) is 16.0. The van der Waals surface area contributed by atoms with E-state index in [1.807, 2.05) is 55.9 Å². The largest absolute Gasteiger partial charge is 0.497 e. The molecule has 25 heavy (non-hydrogen) atoms. The zero-order valence-electron chi connectivity index (χ0n) is 14.4. The summed E-state index contributed by atoms with van der Waals surface area (Å²) in [4.78, 5) is 6.62. The molecule has 1 N–H and O–H groups in total. The molecule has 0 spiro atoms. The molecule has 128 valence electrons. The lowest BCUT2D eigenvalue weighted by molar-refractivity contribution is 0.415. The van der Waals surface area contributed by atoms with E-state index in [0.29, 0.717) is 0 Å². The molecule has 0 aliphatic carbocycles.